The summed E-state index contributed by atoms with van der Waals surface area (Å²) in [5, 5.41) is 5.77. The van der Waals surface area contributed by atoms with E-state index in [-0.39, 0.29) is 17.7 Å². The van der Waals surface area contributed by atoms with Crippen molar-refractivity contribution in [2.75, 3.05) is 11.6 Å². The second-order valence-corrected chi connectivity index (χ2v) is 8.18. The largest absolute Gasteiger partial charge is 0.367 e. The van der Waals surface area contributed by atoms with Crippen LogP contribution in [0.5, 0.6) is 0 Å². The molecule has 1 aliphatic rings. The van der Waals surface area contributed by atoms with E-state index in [9.17, 15) is 9.00 Å². The Kier molecular flexibility index (Phi) is 4.63. The second-order valence-electron chi connectivity index (χ2n) is 6.80. The first-order valence-electron chi connectivity index (χ1n) is 7.30. The zero-order chi connectivity index (χ0) is 16.5. The van der Waals surface area contributed by atoms with Crippen LogP contribution in [0.1, 0.15) is 34.1 Å². The van der Waals surface area contributed by atoms with Gasteiger partial charge in [0, 0.05) is 27.6 Å². The van der Waals surface area contributed by atoms with Gasteiger partial charge in [0.05, 0.1) is 17.2 Å². The van der Waals surface area contributed by atoms with E-state index in [4.69, 9.17) is 4.74 Å². The molecule has 0 unspecified atom stereocenters. The van der Waals surface area contributed by atoms with Crippen molar-refractivity contribution in [1.29, 1.82) is 0 Å². The van der Waals surface area contributed by atoms with Gasteiger partial charge >= 0.3 is 6.03 Å². The van der Waals surface area contributed by atoms with Crippen LogP contribution in [0.4, 0.5) is 10.5 Å². The van der Waals surface area contributed by atoms with Gasteiger partial charge in [-0.2, -0.15) is 0 Å². The number of benzene rings is 1. The maximum absolute atomic E-state index is 12.1. The first-order valence-corrected chi connectivity index (χ1v) is 8.86. The maximum Gasteiger partial charge on any atom is 0.319 e. The highest BCUT2D eigenvalue weighted by atomic mass is 32.2. The molecule has 6 heteroatoms. The topological polar surface area (TPSA) is 67.4 Å². The van der Waals surface area contributed by atoms with Crippen LogP contribution >= 0.6 is 0 Å². The van der Waals surface area contributed by atoms with Crippen molar-refractivity contribution in [3.05, 3.63) is 24.3 Å². The lowest BCUT2D eigenvalue weighted by molar-refractivity contribution is -0.0689. The van der Waals surface area contributed by atoms with E-state index in [1.807, 2.05) is 27.7 Å². The summed E-state index contributed by atoms with van der Waals surface area (Å²) in [5.41, 5.74) is 0.0284. The van der Waals surface area contributed by atoms with Gasteiger partial charge in [-0.25, -0.2) is 4.79 Å². The summed E-state index contributed by atoms with van der Waals surface area (Å²) < 4.78 is 17.3. The number of hydrogen-bond acceptors (Lipinski definition) is 3. The Morgan fingerprint density at radius 2 is 1.82 bits per heavy atom. The van der Waals surface area contributed by atoms with Gasteiger partial charge in [0.25, 0.3) is 0 Å². The van der Waals surface area contributed by atoms with E-state index in [0.717, 1.165) is 11.3 Å². The zero-order valence-corrected chi connectivity index (χ0v) is 14.5. The third-order valence-corrected chi connectivity index (χ3v) is 4.76. The van der Waals surface area contributed by atoms with Gasteiger partial charge < -0.3 is 15.4 Å². The van der Waals surface area contributed by atoms with E-state index < -0.39 is 16.4 Å². The van der Waals surface area contributed by atoms with Gasteiger partial charge in [0.1, 0.15) is 0 Å². The van der Waals surface area contributed by atoms with Crippen LogP contribution in [-0.2, 0) is 15.5 Å². The molecular weight excluding hydrogens is 300 g/mol. The number of carbonyl (C=O) groups is 1. The zero-order valence-electron chi connectivity index (χ0n) is 13.7. The molecule has 1 aromatic rings. The van der Waals surface area contributed by atoms with Crippen LogP contribution < -0.4 is 10.6 Å². The van der Waals surface area contributed by atoms with Crippen LogP contribution in [0.25, 0.3) is 0 Å². The molecule has 22 heavy (non-hydrogen) atoms. The Balaban J connectivity index is 1.97. The molecule has 1 saturated heterocycles. The van der Waals surface area contributed by atoms with Crippen LogP contribution in [0, 0.1) is 0 Å². The SMILES string of the molecule is C[S@](=O)c1ccc(NC(=O)N[C@H]2CC(C)(C)OC2(C)C)cc1. The van der Waals surface area contributed by atoms with E-state index in [2.05, 4.69) is 10.6 Å². The fourth-order valence-corrected chi connectivity index (χ4v) is 3.36. The summed E-state index contributed by atoms with van der Waals surface area (Å²) in [6, 6.07) is 6.68. The lowest BCUT2D eigenvalue weighted by Gasteiger charge is -2.27. The Bertz CT molecular complexity index is 582. The van der Waals surface area contributed by atoms with Crippen molar-refractivity contribution in [3.8, 4) is 0 Å². The van der Waals surface area contributed by atoms with Crippen LogP contribution in [0.2, 0.25) is 0 Å². The maximum atomic E-state index is 12.1. The molecule has 0 spiro atoms. The quantitative estimate of drug-likeness (QED) is 0.898. The minimum absolute atomic E-state index is 0.0510. The molecular formula is C16H24N2O3S. The highest BCUT2D eigenvalue weighted by Crippen LogP contribution is 2.37. The Morgan fingerprint density at radius 3 is 2.27 bits per heavy atom. The molecule has 5 nitrogen and oxygen atoms in total. The van der Waals surface area contributed by atoms with E-state index in [1.165, 1.54) is 0 Å². The fraction of sp³-hybridized carbons (Fsp3) is 0.562. The van der Waals surface area contributed by atoms with Crippen LogP contribution in [-0.4, -0.2) is 33.7 Å². The van der Waals surface area contributed by atoms with Crippen molar-refractivity contribution >= 4 is 22.5 Å². The molecule has 1 heterocycles. The normalized spacial score (nSPS) is 23.8. The Hall–Kier alpha value is -1.40. The summed E-state index contributed by atoms with van der Waals surface area (Å²) in [5.74, 6) is 0. The number of anilines is 1. The summed E-state index contributed by atoms with van der Waals surface area (Å²) in [4.78, 5) is 12.9. The number of rotatable bonds is 3. The number of ether oxygens (including phenoxy) is 1. The molecule has 0 bridgehead atoms. The van der Waals surface area contributed by atoms with E-state index in [0.29, 0.717) is 5.69 Å². The summed E-state index contributed by atoms with van der Waals surface area (Å²) in [6.45, 7) is 8.02. The van der Waals surface area contributed by atoms with Crippen molar-refractivity contribution in [2.24, 2.45) is 0 Å². The summed E-state index contributed by atoms with van der Waals surface area (Å²) >= 11 is 0. The molecule has 2 N–H and O–H groups in total. The van der Waals surface area contributed by atoms with E-state index in [1.54, 1.807) is 30.5 Å². The predicted octanol–water partition coefficient (Wildman–Crippen LogP) is 2.89. The van der Waals surface area contributed by atoms with Gasteiger partial charge in [-0.1, -0.05) is 0 Å². The Labute approximate surface area is 134 Å². The number of nitrogens with one attached hydrogen (secondary N) is 2. The molecule has 1 fully saturated rings. The third-order valence-electron chi connectivity index (χ3n) is 3.82. The van der Waals surface area contributed by atoms with Gasteiger partial charge in [-0.05, 0) is 58.4 Å². The van der Waals surface area contributed by atoms with Gasteiger partial charge in [-0.3, -0.25) is 4.21 Å². The monoisotopic (exact) mass is 324 g/mol. The average molecular weight is 324 g/mol. The number of urea groups is 1. The summed E-state index contributed by atoms with van der Waals surface area (Å²) in [7, 11) is -1.02. The Morgan fingerprint density at radius 1 is 1.23 bits per heavy atom. The van der Waals surface area contributed by atoms with Gasteiger partial charge in [-0.15, -0.1) is 0 Å². The molecule has 1 aliphatic heterocycles. The van der Waals surface area contributed by atoms with Gasteiger partial charge in [0.2, 0.25) is 0 Å². The standard InChI is InChI=1S/C16H24N2O3S/c1-15(2)10-13(16(3,4)21-15)18-14(19)17-11-6-8-12(9-7-11)22(5)20/h6-9,13H,10H2,1-5H3,(H2,17,18,19)/t13-,22-/m0/s1. The number of carbonyl (C=O) groups excluding carboxylic acids is 1. The van der Waals surface area contributed by atoms with Crippen molar-refractivity contribution in [1.82, 2.24) is 5.32 Å². The molecule has 1 aromatic carbocycles. The first-order chi connectivity index (χ1) is 10.1. The van der Waals surface area contributed by atoms with Crippen molar-refractivity contribution in [3.63, 3.8) is 0 Å². The fourth-order valence-electron chi connectivity index (χ4n) is 2.84. The molecule has 0 saturated carbocycles. The minimum Gasteiger partial charge on any atom is -0.367 e. The molecule has 2 amide bonds. The van der Waals surface area contributed by atoms with Crippen molar-refractivity contribution < 1.29 is 13.7 Å². The molecule has 0 radical (unpaired) electrons. The highest BCUT2D eigenvalue weighted by Gasteiger charge is 2.46. The lowest BCUT2D eigenvalue weighted by atomic mass is 9.95. The smallest absolute Gasteiger partial charge is 0.319 e. The number of amides is 2. The van der Waals surface area contributed by atoms with Crippen LogP contribution in [0.3, 0.4) is 0 Å². The summed E-state index contributed by atoms with van der Waals surface area (Å²) in [6.07, 6.45) is 2.39. The van der Waals surface area contributed by atoms with Crippen molar-refractivity contribution in [2.45, 2.75) is 56.3 Å². The molecule has 0 aromatic heterocycles. The first kappa shape index (κ1) is 17.0. The molecule has 0 aliphatic carbocycles. The second kappa shape index (κ2) is 6.01. The molecule has 2 rings (SSSR count). The predicted molar refractivity (Wildman–Crippen MR) is 88.6 cm³/mol. The third kappa shape index (κ3) is 4.08. The molecule has 122 valence electrons. The lowest BCUT2D eigenvalue weighted by Crippen LogP contribution is -2.47. The minimum atomic E-state index is -1.02. The molecule has 2 atom stereocenters. The highest BCUT2D eigenvalue weighted by molar-refractivity contribution is 7.84. The van der Waals surface area contributed by atoms with Gasteiger partial charge in [0.15, 0.2) is 0 Å². The van der Waals surface area contributed by atoms with Crippen LogP contribution in [0.15, 0.2) is 29.2 Å². The average Bonchev–Trinajstić information content (AvgIpc) is 2.57. The van der Waals surface area contributed by atoms with E-state index >= 15 is 0 Å². The number of hydrogen-bond donors (Lipinski definition) is 2.